The molecular weight excluding hydrogens is 479 g/mol. The molecule has 4 heteroatoms. The van der Waals surface area contributed by atoms with E-state index in [1.807, 2.05) is 12.1 Å². The molecule has 6 aromatic carbocycles. The lowest BCUT2D eigenvalue weighted by molar-refractivity contribution is 0.469. The number of hydrogen-bond acceptors (Lipinski definition) is 3. The molecule has 0 N–H and O–H groups in total. The molecule has 0 aliphatic carbocycles. The summed E-state index contributed by atoms with van der Waals surface area (Å²) in [6, 6.07) is 37.8. The van der Waals surface area contributed by atoms with Gasteiger partial charge in [0.2, 0.25) is 0 Å². The summed E-state index contributed by atoms with van der Waals surface area (Å²) in [5.41, 5.74) is 2.18. The van der Waals surface area contributed by atoms with Crippen LogP contribution in [0.3, 0.4) is 0 Å². The van der Waals surface area contributed by atoms with E-state index >= 15 is 0 Å². The summed E-state index contributed by atoms with van der Waals surface area (Å²) in [6.07, 6.45) is 0. The molecule has 2 nitrogen and oxygen atoms in total. The summed E-state index contributed by atoms with van der Waals surface area (Å²) in [4.78, 5) is 0. The molecule has 2 heterocycles. The SMILES string of the molecule is S=P12c3ccccc3Oc3cc(-c4ccc5ccccc5c4)cc(c31)Oc1c2ccc2ccccc12. The van der Waals surface area contributed by atoms with Gasteiger partial charge in [-0.2, -0.15) is 0 Å². The standard InChI is InChI=1S/C32H19O2PS/c36-35-29-12-6-5-11-26(29)33-27-18-24(23-14-13-20-7-1-2-9-22(20)17-23)19-28(32(27)35)34-31-25-10-4-3-8-21(25)15-16-30(31)35/h1-19H. The minimum absolute atomic E-state index is 0.802. The van der Waals surface area contributed by atoms with Gasteiger partial charge < -0.3 is 9.47 Å². The predicted molar refractivity (Wildman–Crippen MR) is 153 cm³/mol. The molecule has 0 aromatic heterocycles. The van der Waals surface area contributed by atoms with Gasteiger partial charge in [0.15, 0.2) is 0 Å². The van der Waals surface area contributed by atoms with Gasteiger partial charge in [0.1, 0.15) is 23.0 Å². The van der Waals surface area contributed by atoms with Crippen molar-refractivity contribution < 1.29 is 9.47 Å². The van der Waals surface area contributed by atoms with E-state index < -0.39 is 6.04 Å². The minimum atomic E-state index is -2.39. The first-order valence-electron chi connectivity index (χ1n) is 12.0. The maximum Gasteiger partial charge on any atom is 0.144 e. The van der Waals surface area contributed by atoms with Gasteiger partial charge in [0.05, 0.1) is 11.3 Å². The zero-order chi connectivity index (χ0) is 23.9. The summed E-state index contributed by atoms with van der Waals surface area (Å²) in [5.74, 6) is 3.33. The summed E-state index contributed by atoms with van der Waals surface area (Å²) in [7, 11) is 0. The second kappa shape index (κ2) is 7.30. The molecule has 6 aromatic rings. The molecule has 0 amide bonds. The van der Waals surface area contributed by atoms with Crippen LogP contribution in [0.15, 0.2) is 115 Å². The fourth-order valence-electron chi connectivity index (χ4n) is 5.57. The lowest BCUT2D eigenvalue weighted by Crippen LogP contribution is -2.35. The fraction of sp³-hybridized carbons (Fsp3) is 0. The molecular formula is C32H19O2PS. The first kappa shape index (κ1) is 20.3. The van der Waals surface area contributed by atoms with Gasteiger partial charge in [-0.3, -0.25) is 0 Å². The Morgan fingerprint density at radius 1 is 0.500 bits per heavy atom. The van der Waals surface area contributed by atoms with Gasteiger partial charge in [0.25, 0.3) is 0 Å². The lowest BCUT2D eigenvalue weighted by atomic mass is 10.0. The molecule has 8 rings (SSSR count). The number of fused-ring (bicyclic) bond motifs is 7. The predicted octanol–water partition coefficient (Wildman–Crippen LogP) is 7.63. The molecule has 1 unspecified atom stereocenters. The quantitative estimate of drug-likeness (QED) is 0.217. The van der Waals surface area contributed by atoms with Crippen molar-refractivity contribution >= 4 is 55.3 Å². The minimum Gasteiger partial charge on any atom is -0.456 e. The largest absolute Gasteiger partial charge is 0.456 e. The lowest BCUT2D eigenvalue weighted by Gasteiger charge is -2.38. The Labute approximate surface area is 213 Å². The van der Waals surface area contributed by atoms with Crippen LogP contribution in [0, 0.1) is 0 Å². The summed E-state index contributed by atoms with van der Waals surface area (Å²) in [6.45, 7) is 0. The van der Waals surface area contributed by atoms with Crippen LogP contribution >= 0.6 is 6.04 Å². The van der Waals surface area contributed by atoms with Gasteiger partial charge in [-0.1, -0.05) is 90.7 Å². The topological polar surface area (TPSA) is 18.5 Å². The number of rotatable bonds is 1. The van der Waals surface area contributed by atoms with Crippen LogP contribution < -0.4 is 25.4 Å². The van der Waals surface area contributed by atoms with Crippen LogP contribution in [0.2, 0.25) is 0 Å². The summed E-state index contributed by atoms with van der Waals surface area (Å²) >= 11 is 6.70. The Balaban J connectivity index is 1.44. The van der Waals surface area contributed by atoms with E-state index in [0.29, 0.717) is 0 Å². The third-order valence-electron chi connectivity index (χ3n) is 7.27. The van der Waals surface area contributed by atoms with Crippen LogP contribution in [-0.4, -0.2) is 0 Å². The Morgan fingerprint density at radius 3 is 2.08 bits per heavy atom. The average Bonchev–Trinajstić information content (AvgIpc) is 2.92. The first-order chi connectivity index (χ1) is 17.7. The van der Waals surface area contributed by atoms with Crippen LogP contribution in [0.4, 0.5) is 0 Å². The van der Waals surface area contributed by atoms with Gasteiger partial charge in [-0.15, -0.1) is 0 Å². The Bertz CT molecular complexity index is 1940. The van der Waals surface area contributed by atoms with Crippen molar-refractivity contribution in [3.05, 3.63) is 115 Å². The summed E-state index contributed by atoms with van der Waals surface area (Å²) in [5, 5.41) is 7.86. The monoisotopic (exact) mass is 498 g/mol. The normalized spacial score (nSPS) is 17.0. The van der Waals surface area contributed by atoms with Crippen molar-refractivity contribution in [1.82, 2.24) is 0 Å². The van der Waals surface area contributed by atoms with Gasteiger partial charge in [0, 0.05) is 16.0 Å². The Kier molecular flexibility index (Phi) is 4.12. The highest BCUT2D eigenvalue weighted by atomic mass is 32.4. The molecule has 0 saturated carbocycles. The fourth-order valence-corrected chi connectivity index (χ4v) is 10.0. The maximum absolute atomic E-state index is 6.75. The second-order valence-corrected chi connectivity index (χ2v) is 13.6. The van der Waals surface area contributed by atoms with Crippen molar-refractivity contribution in [2.24, 2.45) is 0 Å². The van der Waals surface area contributed by atoms with Crippen LogP contribution in [0.1, 0.15) is 0 Å². The van der Waals surface area contributed by atoms with Crippen molar-refractivity contribution in [1.29, 1.82) is 0 Å². The van der Waals surface area contributed by atoms with Crippen molar-refractivity contribution in [3.8, 4) is 34.1 Å². The highest BCUT2D eigenvalue weighted by molar-refractivity contribution is 8.26. The Morgan fingerprint density at radius 2 is 1.19 bits per heavy atom. The molecule has 2 aliphatic rings. The van der Waals surface area contributed by atoms with Gasteiger partial charge in [-0.25, -0.2) is 0 Å². The number of para-hydroxylation sites is 1. The van der Waals surface area contributed by atoms with Crippen molar-refractivity contribution in [3.63, 3.8) is 0 Å². The maximum atomic E-state index is 6.75. The van der Waals surface area contributed by atoms with Crippen molar-refractivity contribution in [2.45, 2.75) is 0 Å². The summed E-state index contributed by atoms with van der Waals surface area (Å²) < 4.78 is 13.3. The van der Waals surface area contributed by atoms with Gasteiger partial charge >= 0.3 is 0 Å². The molecule has 0 bridgehead atoms. The highest BCUT2D eigenvalue weighted by Gasteiger charge is 2.43. The Hall–Kier alpha value is -3.91. The highest BCUT2D eigenvalue weighted by Crippen LogP contribution is 2.60. The molecule has 170 valence electrons. The second-order valence-electron chi connectivity index (χ2n) is 9.30. The van der Waals surface area contributed by atoms with Gasteiger partial charge in [-0.05, 0) is 63.7 Å². The zero-order valence-electron chi connectivity index (χ0n) is 19.1. The van der Waals surface area contributed by atoms with E-state index in [1.54, 1.807) is 0 Å². The third-order valence-corrected chi connectivity index (χ3v) is 12.1. The number of ether oxygens (including phenoxy) is 2. The van der Waals surface area contributed by atoms with Crippen LogP contribution in [0.25, 0.3) is 32.7 Å². The first-order valence-corrected chi connectivity index (χ1v) is 14.8. The molecule has 0 fully saturated rings. The zero-order valence-corrected chi connectivity index (χ0v) is 20.9. The number of benzene rings is 6. The third kappa shape index (κ3) is 2.70. The van der Waals surface area contributed by atoms with Crippen LogP contribution in [0.5, 0.6) is 23.0 Å². The number of hydrogen-bond donors (Lipinski definition) is 0. The molecule has 1 atom stereocenters. The molecule has 0 radical (unpaired) electrons. The molecule has 0 spiro atoms. The van der Waals surface area contributed by atoms with Crippen LogP contribution in [-0.2, 0) is 11.8 Å². The van der Waals surface area contributed by atoms with E-state index in [1.165, 1.54) is 10.8 Å². The van der Waals surface area contributed by atoms with E-state index in [4.69, 9.17) is 21.3 Å². The van der Waals surface area contributed by atoms with E-state index in [-0.39, 0.29) is 0 Å². The molecule has 2 aliphatic heterocycles. The van der Waals surface area contributed by atoms with E-state index in [2.05, 4.69) is 103 Å². The molecule has 36 heavy (non-hydrogen) atoms. The van der Waals surface area contributed by atoms with Crippen molar-refractivity contribution in [2.75, 3.05) is 0 Å². The molecule has 0 saturated heterocycles. The van der Waals surface area contributed by atoms with E-state index in [9.17, 15) is 0 Å². The van der Waals surface area contributed by atoms with E-state index in [0.717, 1.165) is 60.8 Å². The smallest absolute Gasteiger partial charge is 0.144 e. The average molecular weight is 499 g/mol.